The van der Waals surface area contributed by atoms with Gasteiger partial charge in [-0.15, -0.1) is 11.3 Å². The van der Waals surface area contributed by atoms with Gasteiger partial charge in [-0.05, 0) is 0 Å². The summed E-state index contributed by atoms with van der Waals surface area (Å²) in [6.07, 6.45) is -4.27. The molecule has 0 aliphatic carbocycles. The van der Waals surface area contributed by atoms with Crippen molar-refractivity contribution in [3.05, 3.63) is 16.1 Å². The molecule has 0 saturated carbocycles. The van der Waals surface area contributed by atoms with Gasteiger partial charge in [-0.25, -0.2) is 4.98 Å². The molecule has 1 aromatic rings. The van der Waals surface area contributed by atoms with Crippen molar-refractivity contribution >= 4 is 11.3 Å². The quantitative estimate of drug-likeness (QED) is 0.864. The third kappa shape index (κ3) is 2.72. The number of piperazine rings is 1. The number of aromatic nitrogens is 1. The topological polar surface area (TPSA) is 28.2 Å². The van der Waals surface area contributed by atoms with E-state index in [0.717, 1.165) is 26.2 Å². The average Bonchev–Trinajstić information content (AvgIpc) is 2.67. The molecule has 0 atom stereocenters. The Kier molecular flexibility index (Phi) is 3.46. The van der Waals surface area contributed by atoms with Gasteiger partial charge in [0.15, 0.2) is 0 Å². The van der Waals surface area contributed by atoms with Crippen molar-refractivity contribution in [3.63, 3.8) is 0 Å². The van der Waals surface area contributed by atoms with Crippen molar-refractivity contribution in [3.8, 4) is 0 Å². The Balaban J connectivity index is 2.06. The van der Waals surface area contributed by atoms with Gasteiger partial charge in [0.1, 0.15) is 4.88 Å². The SMILES string of the molecule is FC(F)(F)c1scnc1CN1CCNCC1. The second-order valence-corrected chi connectivity index (χ2v) is 4.51. The van der Waals surface area contributed by atoms with Crippen LogP contribution >= 0.6 is 11.3 Å². The second-order valence-electron chi connectivity index (χ2n) is 3.65. The predicted molar refractivity (Wildman–Crippen MR) is 55.3 cm³/mol. The van der Waals surface area contributed by atoms with Crippen LogP contribution in [0.25, 0.3) is 0 Å². The molecule has 0 spiro atoms. The minimum Gasteiger partial charge on any atom is -0.314 e. The van der Waals surface area contributed by atoms with E-state index in [1.807, 2.05) is 4.90 Å². The lowest BCUT2D eigenvalue weighted by molar-refractivity contribution is -0.135. The maximum atomic E-state index is 12.6. The molecule has 0 unspecified atom stereocenters. The van der Waals surface area contributed by atoms with Crippen LogP contribution in [0.4, 0.5) is 13.2 Å². The molecule has 1 fully saturated rings. The third-order valence-electron chi connectivity index (χ3n) is 2.48. The number of rotatable bonds is 2. The van der Waals surface area contributed by atoms with Gasteiger partial charge >= 0.3 is 6.18 Å². The molecular formula is C9H12F3N3S. The normalized spacial score (nSPS) is 18.9. The first-order chi connectivity index (χ1) is 7.57. The van der Waals surface area contributed by atoms with E-state index in [9.17, 15) is 13.2 Å². The van der Waals surface area contributed by atoms with E-state index in [2.05, 4.69) is 10.3 Å². The summed E-state index contributed by atoms with van der Waals surface area (Å²) < 4.78 is 37.7. The highest BCUT2D eigenvalue weighted by atomic mass is 32.1. The molecule has 0 aromatic carbocycles. The zero-order valence-corrected chi connectivity index (χ0v) is 9.37. The van der Waals surface area contributed by atoms with Crippen LogP contribution in [0, 0.1) is 0 Å². The highest BCUT2D eigenvalue weighted by molar-refractivity contribution is 7.09. The molecule has 90 valence electrons. The molecule has 7 heteroatoms. The van der Waals surface area contributed by atoms with Gasteiger partial charge < -0.3 is 5.32 Å². The largest absolute Gasteiger partial charge is 0.427 e. The molecule has 1 aliphatic heterocycles. The molecular weight excluding hydrogens is 239 g/mol. The monoisotopic (exact) mass is 251 g/mol. The van der Waals surface area contributed by atoms with E-state index in [0.29, 0.717) is 17.9 Å². The van der Waals surface area contributed by atoms with Crippen LogP contribution in [0.5, 0.6) is 0 Å². The minimum absolute atomic E-state index is 0.152. The number of hydrogen-bond acceptors (Lipinski definition) is 4. The van der Waals surface area contributed by atoms with Gasteiger partial charge in [0.25, 0.3) is 0 Å². The first kappa shape index (κ1) is 11.8. The van der Waals surface area contributed by atoms with E-state index in [1.54, 1.807) is 0 Å². The molecule has 16 heavy (non-hydrogen) atoms. The summed E-state index contributed by atoms with van der Waals surface area (Å²) in [7, 11) is 0. The maximum Gasteiger partial charge on any atom is 0.427 e. The van der Waals surface area contributed by atoms with E-state index in [4.69, 9.17) is 0 Å². The van der Waals surface area contributed by atoms with Crippen molar-refractivity contribution in [2.24, 2.45) is 0 Å². The van der Waals surface area contributed by atoms with Crippen LogP contribution in [0.15, 0.2) is 5.51 Å². The van der Waals surface area contributed by atoms with E-state index in [-0.39, 0.29) is 5.69 Å². The Morgan fingerprint density at radius 1 is 1.38 bits per heavy atom. The summed E-state index contributed by atoms with van der Waals surface area (Å²) in [5, 5.41) is 3.16. The smallest absolute Gasteiger partial charge is 0.314 e. The first-order valence-electron chi connectivity index (χ1n) is 5.00. The molecule has 0 amide bonds. The van der Waals surface area contributed by atoms with Crippen LogP contribution in [0.2, 0.25) is 0 Å². The molecule has 1 N–H and O–H groups in total. The lowest BCUT2D eigenvalue weighted by atomic mass is 10.3. The third-order valence-corrected chi connectivity index (χ3v) is 3.40. The van der Waals surface area contributed by atoms with Crippen LogP contribution < -0.4 is 5.32 Å². The fourth-order valence-electron chi connectivity index (χ4n) is 1.69. The van der Waals surface area contributed by atoms with Gasteiger partial charge in [0.2, 0.25) is 0 Å². The molecule has 0 radical (unpaired) electrons. The van der Waals surface area contributed by atoms with Crippen molar-refractivity contribution in [2.45, 2.75) is 12.7 Å². The molecule has 1 aliphatic rings. The fraction of sp³-hybridized carbons (Fsp3) is 0.667. The Hall–Kier alpha value is -0.660. The number of halogens is 3. The van der Waals surface area contributed by atoms with Gasteiger partial charge in [-0.3, -0.25) is 4.90 Å². The highest BCUT2D eigenvalue weighted by Crippen LogP contribution is 2.35. The maximum absolute atomic E-state index is 12.6. The molecule has 2 rings (SSSR count). The van der Waals surface area contributed by atoms with Crippen molar-refractivity contribution in [2.75, 3.05) is 26.2 Å². The fourth-order valence-corrected chi connectivity index (χ4v) is 2.37. The lowest BCUT2D eigenvalue weighted by Crippen LogP contribution is -2.43. The zero-order chi connectivity index (χ0) is 11.6. The van der Waals surface area contributed by atoms with Crippen molar-refractivity contribution in [1.29, 1.82) is 0 Å². The highest BCUT2D eigenvalue weighted by Gasteiger charge is 2.36. The number of hydrogen-bond donors (Lipinski definition) is 1. The summed E-state index contributed by atoms with van der Waals surface area (Å²) in [5.74, 6) is 0. The second kappa shape index (κ2) is 4.68. The first-order valence-corrected chi connectivity index (χ1v) is 5.88. The summed E-state index contributed by atoms with van der Waals surface area (Å²) in [6, 6.07) is 0. The number of nitrogens with zero attached hydrogens (tertiary/aromatic N) is 2. The standard InChI is InChI=1S/C9H12F3N3S/c10-9(11,12)8-7(14-6-16-8)5-15-3-1-13-2-4-15/h6,13H,1-5H2. The minimum atomic E-state index is -4.27. The number of thiazole rings is 1. The van der Waals surface area contributed by atoms with Gasteiger partial charge in [0.05, 0.1) is 11.2 Å². The average molecular weight is 251 g/mol. The van der Waals surface area contributed by atoms with Crippen LogP contribution in [0.3, 0.4) is 0 Å². The Labute approximate surface area is 95.3 Å². The van der Waals surface area contributed by atoms with Crippen molar-refractivity contribution < 1.29 is 13.2 Å². The summed E-state index contributed by atoms with van der Waals surface area (Å²) in [6.45, 7) is 3.49. The zero-order valence-electron chi connectivity index (χ0n) is 8.55. The van der Waals surface area contributed by atoms with Gasteiger partial charge in [-0.1, -0.05) is 0 Å². The van der Waals surface area contributed by atoms with Crippen molar-refractivity contribution in [1.82, 2.24) is 15.2 Å². The van der Waals surface area contributed by atoms with Crippen LogP contribution in [0.1, 0.15) is 10.6 Å². The Morgan fingerprint density at radius 2 is 2.06 bits per heavy atom. The van der Waals surface area contributed by atoms with Gasteiger partial charge in [0, 0.05) is 32.7 Å². The molecule has 2 heterocycles. The van der Waals surface area contributed by atoms with Gasteiger partial charge in [-0.2, -0.15) is 13.2 Å². The van der Waals surface area contributed by atoms with E-state index >= 15 is 0 Å². The van der Waals surface area contributed by atoms with E-state index in [1.165, 1.54) is 5.51 Å². The summed E-state index contributed by atoms with van der Waals surface area (Å²) >= 11 is 0.667. The van der Waals surface area contributed by atoms with E-state index < -0.39 is 11.1 Å². The Morgan fingerprint density at radius 3 is 2.69 bits per heavy atom. The Bertz CT molecular complexity index is 344. The molecule has 3 nitrogen and oxygen atoms in total. The predicted octanol–water partition coefficient (Wildman–Crippen LogP) is 1.57. The number of nitrogens with one attached hydrogen (secondary N) is 1. The van der Waals surface area contributed by atoms with Crippen LogP contribution in [-0.2, 0) is 12.7 Å². The lowest BCUT2D eigenvalue weighted by Gasteiger charge is -2.26. The summed E-state index contributed by atoms with van der Waals surface area (Å²) in [4.78, 5) is 5.24. The number of alkyl halides is 3. The summed E-state index contributed by atoms with van der Waals surface area (Å²) in [5.41, 5.74) is 1.42. The molecule has 1 aromatic heterocycles. The van der Waals surface area contributed by atoms with Crippen LogP contribution in [-0.4, -0.2) is 36.1 Å². The molecule has 1 saturated heterocycles. The molecule has 0 bridgehead atoms.